The van der Waals surface area contributed by atoms with Crippen LogP contribution in [0.25, 0.3) is 0 Å². The second kappa shape index (κ2) is 3.73. The van der Waals surface area contributed by atoms with Crippen LogP contribution in [0.1, 0.15) is 19.3 Å². The maximum absolute atomic E-state index is 8.74. The SMILES string of the molecule is NNC(N)=NCC1(CCO)CC1. The van der Waals surface area contributed by atoms with E-state index in [4.69, 9.17) is 16.7 Å². The molecule has 0 bridgehead atoms. The van der Waals surface area contributed by atoms with Crippen molar-refractivity contribution in [1.29, 1.82) is 0 Å². The van der Waals surface area contributed by atoms with Crippen molar-refractivity contribution < 1.29 is 5.11 Å². The van der Waals surface area contributed by atoms with Gasteiger partial charge < -0.3 is 10.8 Å². The summed E-state index contributed by atoms with van der Waals surface area (Å²) in [6.45, 7) is 0.898. The monoisotopic (exact) mass is 172 g/mol. The standard InChI is InChI=1S/C7H16N4O/c8-6(11-9)10-5-7(1-2-7)3-4-12/h12H,1-5,9H2,(H3,8,10,11). The highest BCUT2D eigenvalue weighted by Crippen LogP contribution is 2.48. The summed E-state index contributed by atoms with van der Waals surface area (Å²) >= 11 is 0. The van der Waals surface area contributed by atoms with Crippen molar-refractivity contribution in [2.75, 3.05) is 13.2 Å². The van der Waals surface area contributed by atoms with E-state index in [9.17, 15) is 0 Å². The van der Waals surface area contributed by atoms with E-state index in [1.165, 1.54) is 0 Å². The quantitative estimate of drug-likeness (QED) is 0.188. The number of hydrogen-bond donors (Lipinski definition) is 4. The van der Waals surface area contributed by atoms with Crippen molar-refractivity contribution in [3.05, 3.63) is 0 Å². The molecular formula is C7H16N4O. The Morgan fingerprint density at radius 1 is 1.58 bits per heavy atom. The zero-order valence-electron chi connectivity index (χ0n) is 7.08. The lowest BCUT2D eigenvalue weighted by Crippen LogP contribution is -2.37. The fraction of sp³-hybridized carbons (Fsp3) is 0.857. The van der Waals surface area contributed by atoms with E-state index in [1.807, 2.05) is 0 Å². The van der Waals surface area contributed by atoms with Gasteiger partial charge in [-0.2, -0.15) is 0 Å². The van der Waals surface area contributed by atoms with E-state index in [-0.39, 0.29) is 18.0 Å². The average Bonchev–Trinajstić information content (AvgIpc) is 2.82. The van der Waals surface area contributed by atoms with E-state index in [0.29, 0.717) is 6.54 Å². The zero-order valence-corrected chi connectivity index (χ0v) is 7.08. The van der Waals surface area contributed by atoms with Gasteiger partial charge in [0, 0.05) is 13.2 Å². The molecule has 5 heteroatoms. The average molecular weight is 172 g/mol. The predicted molar refractivity (Wildman–Crippen MR) is 47.2 cm³/mol. The molecule has 12 heavy (non-hydrogen) atoms. The first-order valence-corrected chi connectivity index (χ1v) is 4.10. The van der Waals surface area contributed by atoms with Crippen LogP contribution in [0.3, 0.4) is 0 Å². The molecule has 0 heterocycles. The number of rotatable bonds is 4. The maximum Gasteiger partial charge on any atom is 0.203 e. The molecule has 0 saturated heterocycles. The molecule has 0 radical (unpaired) electrons. The van der Waals surface area contributed by atoms with Gasteiger partial charge in [0.15, 0.2) is 0 Å². The third kappa shape index (κ3) is 2.35. The molecule has 0 unspecified atom stereocenters. The van der Waals surface area contributed by atoms with Gasteiger partial charge in [-0.1, -0.05) is 0 Å². The van der Waals surface area contributed by atoms with Crippen molar-refractivity contribution in [2.45, 2.75) is 19.3 Å². The van der Waals surface area contributed by atoms with Gasteiger partial charge in [0.05, 0.1) is 0 Å². The first-order chi connectivity index (χ1) is 5.72. The van der Waals surface area contributed by atoms with Crippen LogP contribution in [-0.4, -0.2) is 24.2 Å². The van der Waals surface area contributed by atoms with Crippen molar-refractivity contribution in [2.24, 2.45) is 22.0 Å². The Morgan fingerprint density at radius 3 is 2.67 bits per heavy atom. The normalized spacial score (nSPS) is 20.7. The molecule has 1 rings (SSSR count). The van der Waals surface area contributed by atoms with Gasteiger partial charge in [0.1, 0.15) is 0 Å². The largest absolute Gasteiger partial charge is 0.396 e. The van der Waals surface area contributed by atoms with Crippen LogP contribution < -0.4 is 17.0 Å². The van der Waals surface area contributed by atoms with Gasteiger partial charge in [-0.3, -0.25) is 10.4 Å². The number of nitrogens with zero attached hydrogens (tertiary/aromatic N) is 1. The second-order valence-corrected chi connectivity index (χ2v) is 3.32. The smallest absolute Gasteiger partial charge is 0.203 e. The molecule has 0 atom stereocenters. The third-order valence-electron chi connectivity index (χ3n) is 2.33. The minimum atomic E-state index is 0.218. The number of hydrogen-bond acceptors (Lipinski definition) is 3. The lowest BCUT2D eigenvalue weighted by atomic mass is 10.0. The van der Waals surface area contributed by atoms with Crippen molar-refractivity contribution >= 4 is 5.96 Å². The molecule has 0 aromatic heterocycles. The van der Waals surface area contributed by atoms with E-state index in [1.54, 1.807) is 0 Å². The van der Waals surface area contributed by atoms with Crippen molar-refractivity contribution in [1.82, 2.24) is 5.43 Å². The van der Waals surface area contributed by atoms with Crippen LogP contribution in [0.5, 0.6) is 0 Å². The highest BCUT2D eigenvalue weighted by Gasteiger charge is 2.41. The van der Waals surface area contributed by atoms with Crippen molar-refractivity contribution in [3.8, 4) is 0 Å². The fourth-order valence-corrected chi connectivity index (χ4v) is 1.20. The lowest BCUT2D eigenvalue weighted by Gasteiger charge is -2.09. The number of guanidine groups is 1. The van der Waals surface area contributed by atoms with Crippen LogP contribution in [0, 0.1) is 5.41 Å². The lowest BCUT2D eigenvalue weighted by molar-refractivity contribution is 0.251. The summed E-state index contributed by atoms with van der Waals surface area (Å²) in [6.07, 6.45) is 3.08. The predicted octanol–water partition coefficient (Wildman–Crippen LogP) is -1.07. The Hall–Kier alpha value is -0.810. The molecule has 1 aliphatic carbocycles. The van der Waals surface area contributed by atoms with E-state index < -0.39 is 0 Å². The molecule has 0 spiro atoms. The van der Waals surface area contributed by atoms with Gasteiger partial charge >= 0.3 is 0 Å². The molecule has 1 fully saturated rings. The summed E-state index contributed by atoms with van der Waals surface area (Å²) in [5.74, 6) is 5.30. The molecule has 0 aromatic carbocycles. The number of nitrogens with one attached hydrogen (secondary N) is 1. The molecule has 0 aromatic rings. The topological polar surface area (TPSA) is 96.7 Å². The highest BCUT2D eigenvalue weighted by molar-refractivity contribution is 5.77. The van der Waals surface area contributed by atoms with E-state index >= 15 is 0 Å². The van der Waals surface area contributed by atoms with Crippen LogP contribution in [0.2, 0.25) is 0 Å². The van der Waals surface area contributed by atoms with Crippen LogP contribution >= 0.6 is 0 Å². The van der Waals surface area contributed by atoms with E-state index in [2.05, 4.69) is 10.4 Å². The van der Waals surface area contributed by atoms with Crippen LogP contribution in [0.15, 0.2) is 4.99 Å². The molecule has 0 amide bonds. The van der Waals surface area contributed by atoms with E-state index in [0.717, 1.165) is 19.3 Å². The molecular weight excluding hydrogens is 156 g/mol. The molecule has 1 aliphatic rings. The summed E-state index contributed by atoms with van der Waals surface area (Å²) in [4.78, 5) is 4.04. The molecule has 1 saturated carbocycles. The Bertz CT molecular complexity index is 176. The van der Waals surface area contributed by atoms with Gasteiger partial charge in [0.2, 0.25) is 5.96 Å². The van der Waals surface area contributed by atoms with Gasteiger partial charge in [-0.15, -0.1) is 0 Å². The fourth-order valence-electron chi connectivity index (χ4n) is 1.20. The molecule has 0 aliphatic heterocycles. The van der Waals surface area contributed by atoms with Crippen LogP contribution in [0.4, 0.5) is 0 Å². The van der Waals surface area contributed by atoms with Crippen molar-refractivity contribution in [3.63, 3.8) is 0 Å². The molecule has 6 N–H and O–H groups in total. The zero-order chi connectivity index (χ0) is 9.03. The summed E-state index contributed by atoms with van der Waals surface area (Å²) in [6, 6.07) is 0. The number of aliphatic hydroxyl groups is 1. The van der Waals surface area contributed by atoms with Crippen LogP contribution in [-0.2, 0) is 0 Å². The first-order valence-electron chi connectivity index (χ1n) is 4.10. The Morgan fingerprint density at radius 2 is 2.25 bits per heavy atom. The molecule has 70 valence electrons. The summed E-state index contributed by atoms with van der Waals surface area (Å²) < 4.78 is 0. The Kier molecular flexibility index (Phi) is 2.88. The number of aliphatic imine (C=N–C) groups is 1. The number of aliphatic hydroxyl groups excluding tert-OH is 1. The van der Waals surface area contributed by atoms with Gasteiger partial charge in [-0.05, 0) is 24.7 Å². The number of nitrogens with two attached hydrogens (primary N) is 2. The first kappa shape index (κ1) is 9.28. The number of hydrazine groups is 1. The molecule has 5 nitrogen and oxygen atoms in total. The third-order valence-corrected chi connectivity index (χ3v) is 2.33. The maximum atomic E-state index is 8.74. The minimum Gasteiger partial charge on any atom is -0.396 e. The summed E-state index contributed by atoms with van der Waals surface area (Å²) in [5.41, 5.74) is 7.85. The Balaban J connectivity index is 2.30. The second-order valence-electron chi connectivity index (χ2n) is 3.32. The summed E-state index contributed by atoms with van der Waals surface area (Å²) in [5, 5.41) is 8.74. The highest BCUT2D eigenvalue weighted by atomic mass is 16.3. The Labute approximate surface area is 71.8 Å². The minimum absolute atomic E-state index is 0.218. The van der Waals surface area contributed by atoms with Gasteiger partial charge in [-0.25, -0.2) is 5.84 Å². The van der Waals surface area contributed by atoms with Gasteiger partial charge in [0.25, 0.3) is 0 Å². The summed E-state index contributed by atoms with van der Waals surface area (Å²) in [7, 11) is 0.